The van der Waals surface area contributed by atoms with Crippen LogP contribution in [0.5, 0.6) is 0 Å². The molecular weight excluding hydrogens is 358 g/mol. The van der Waals surface area contributed by atoms with Gasteiger partial charge in [-0.25, -0.2) is 0 Å². The summed E-state index contributed by atoms with van der Waals surface area (Å²) in [4.78, 5) is 26.4. The monoisotopic (exact) mass is 376 g/mol. The van der Waals surface area contributed by atoms with Crippen LogP contribution in [0.3, 0.4) is 0 Å². The summed E-state index contributed by atoms with van der Waals surface area (Å²) < 4.78 is 76.2. The molecule has 0 atom stereocenters. The molecule has 0 saturated carbocycles. The zero-order valence-electron chi connectivity index (χ0n) is 12.6. The van der Waals surface area contributed by atoms with Crippen LogP contribution >= 0.6 is 0 Å². The summed E-state index contributed by atoms with van der Waals surface area (Å²) in [5.41, 5.74) is -2.71. The van der Waals surface area contributed by atoms with Gasteiger partial charge in [0.05, 0.1) is 11.1 Å². The molecule has 24 heavy (non-hydrogen) atoms. The van der Waals surface area contributed by atoms with Gasteiger partial charge < -0.3 is 14.4 Å². The van der Waals surface area contributed by atoms with Crippen molar-refractivity contribution in [3.63, 3.8) is 0 Å². The molecule has 0 saturated heterocycles. The molecule has 0 heterocycles. The maximum absolute atomic E-state index is 12.7. The first kappa shape index (κ1) is 20.9. The molecule has 10 heteroatoms. The first-order valence-corrected chi connectivity index (χ1v) is 9.29. The third-order valence-electron chi connectivity index (χ3n) is 3.38. The Kier molecular flexibility index (Phi) is 6.85. The standard InChI is InChI=1S/C14H18F6O3Si/c15-13(16,17)11-7-10(8-12(9-11)14(18,19)20)5-3-1-2-4-6-24(21,22)23/h7-9,21-23H,1-6H2. The molecule has 0 fully saturated rings. The fraction of sp³-hybridized carbons (Fsp3) is 0.571. The summed E-state index contributed by atoms with van der Waals surface area (Å²) in [6.45, 7) is 0. The second kappa shape index (κ2) is 7.85. The van der Waals surface area contributed by atoms with E-state index in [1.54, 1.807) is 0 Å². The second-order valence-electron chi connectivity index (χ2n) is 5.60. The Hall–Kier alpha value is -1.10. The first-order valence-electron chi connectivity index (χ1n) is 7.24. The lowest BCUT2D eigenvalue weighted by molar-refractivity contribution is -0.143. The highest BCUT2D eigenvalue weighted by molar-refractivity contribution is 6.56. The smallest absolute Gasteiger partial charge is 0.390 e. The highest BCUT2D eigenvalue weighted by atomic mass is 28.4. The van der Waals surface area contributed by atoms with Crippen LogP contribution in [0.15, 0.2) is 18.2 Å². The molecule has 0 bridgehead atoms. The Morgan fingerprint density at radius 3 is 1.58 bits per heavy atom. The SMILES string of the molecule is O[Si](O)(O)CCCCCCc1cc(C(F)(F)F)cc(C(F)(F)F)c1. The quantitative estimate of drug-likeness (QED) is 0.386. The van der Waals surface area contributed by atoms with Crippen LogP contribution in [0.25, 0.3) is 0 Å². The van der Waals surface area contributed by atoms with E-state index in [0.29, 0.717) is 37.8 Å². The first-order chi connectivity index (χ1) is 10.8. The van der Waals surface area contributed by atoms with Crippen LogP contribution in [0, 0.1) is 0 Å². The van der Waals surface area contributed by atoms with Crippen molar-refractivity contribution < 1.29 is 40.7 Å². The van der Waals surface area contributed by atoms with Gasteiger partial charge in [-0.1, -0.05) is 12.8 Å². The largest absolute Gasteiger partial charge is 0.492 e. The molecular formula is C14H18F6O3Si. The highest BCUT2D eigenvalue weighted by Crippen LogP contribution is 2.36. The predicted molar refractivity (Wildman–Crippen MR) is 75.8 cm³/mol. The molecule has 0 aromatic heterocycles. The normalized spacial score (nSPS) is 13.4. The average Bonchev–Trinajstić information content (AvgIpc) is 2.39. The minimum atomic E-state index is -4.85. The number of alkyl halides is 6. The van der Waals surface area contributed by atoms with Gasteiger partial charge in [-0.05, 0) is 43.0 Å². The van der Waals surface area contributed by atoms with Gasteiger partial charge in [0.15, 0.2) is 0 Å². The van der Waals surface area contributed by atoms with E-state index in [4.69, 9.17) is 14.4 Å². The van der Waals surface area contributed by atoms with Crippen LogP contribution in [0.2, 0.25) is 6.04 Å². The van der Waals surface area contributed by atoms with Crippen molar-refractivity contribution >= 4 is 8.80 Å². The number of aryl methyl sites for hydroxylation is 1. The summed E-state index contributed by atoms with van der Waals surface area (Å²) >= 11 is 0. The Bertz CT molecular complexity index is 505. The van der Waals surface area contributed by atoms with E-state index in [1.807, 2.05) is 0 Å². The van der Waals surface area contributed by atoms with Gasteiger partial charge >= 0.3 is 21.2 Å². The van der Waals surface area contributed by atoms with E-state index in [-0.39, 0.29) is 24.1 Å². The topological polar surface area (TPSA) is 60.7 Å². The Morgan fingerprint density at radius 1 is 0.708 bits per heavy atom. The zero-order valence-corrected chi connectivity index (χ0v) is 13.6. The Labute approximate surface area is 135 Å². The van der Waals surface area contributed by atoms with Crippen molar-refractivity contribution in [3.8, 4) is 0 Å². The fourth-order valence-corrected chi connectivity index (χ4v) is 2.93. The summed E-state index contributed by atoms with van der Waals surface area (Å²) in [6.07, 6.45) is -8.00. The van der Waals surface area contributed by atoms with Gasteiger partial charge in [0, 0.05) is 6.04 Å². The van der Waals surface area contributed by atoms with Gasteiger partial charge in [-0.15, -0.1) is 0 Å². The molecule has 3 nitrogen and oxygen atoms in total. The van der Waals surface area contributed by atoms with Crippen LogP contribution in [0.1, 0.15) is 42.4 Å². The van der Waals surface area contributed by atoms with Gasteiger partial charge in [-0.2, -0.15) is 26.3 Å². The summed E-state index contributed by atoms with van der Waals surface area (Å²) in [7, 11) is -4.09. The van der Waals surface area contributed by atoms with Gasteiger partial charge in [-0.3, -0.25) is 0 Å². The summed E-state index contributed by atoms with van der Waals surface area (Å²) in [6, 6.07) is 1.37. The minimum Gasteiger partial charge on any atom is -0.390 e. The molecule has 3 N–H and O–H groups in total. The lowest BCUT2D eigenvalue weighted by Crippen LogP contribution is -2.33. The van der Waals surface area contributed by atoms with Crippen molar-refractivity contribution in [2.24, 2.45) is 0 Å². The minimum absolute atomic E-state index is 0.0486. The van der Waals surface area contributed by atoms with E-state index < -0.39 is 32.3 Å². The van der Waals surface area contributed by atoms with E-state index in [0.717, 1.165) is 0 Å². The highest BCUT2D eigenvalue weighted by Gasteiger charge is 2.36. The van der Waals surface area contributed by atoms with Crippen LogP contribution in [-0.2, 0) is 18.8 Å². The van der Waals surface area contributed by atoms with E-state index >= 15 is 0 Å². The van der Waals surface area contributed by atoms with Crippen LogP contribution in [-0.4, -0.2) is 23.2 Å². The van der Waals surface area contributed by atoms with E-state index in [9.17, 15) is 26.3 Å². The molecule has 1 rings (SSSR count). The van der Waals surface area contributed by atoms with Gasteiger partial charge in [0.25, 0.3) is 0 Å². The molecule has 0 radical (unpaired) electrons. The molecule has 0 amide bonds. The van der Waals surface area contributed by atoms with Crippen LogP contribution in [0.4, 0.5) is 26.3 Å². The number of unbranched alkanes of at least 4 members (excludes halogenated alkanes) is 3. The van der Waals surface area contributed by atoms with Gasteiger partial charge in [0.1, 0.15) is 0 Å². The number of hydrogen-bond donors (Lipinski definition) is 3. The number of benzene rings is 1. The molecule has 1 aromatic carbocycles. The number of hydrogen-bond acceptors (Lipinski definition) is 3. The Morgan fingerprint density at radius 2 is 1.17 bits per heavy atom. The van der Waals surface area contributed by atoms with Crippen LogP contribution < -0.4 is 0 Å². The summed E-state index contributed by atoms with van der Waals surface area (Å²) in [5, 5.41) is 0. The third-order valence-corrected chi connectivity index (χ3v) is 4.40. The molecule has 0 unspecified atom stereocenters. The van der Waals surface area contributed by atoms with Crippen molar-refractivity contribution in [2.75, 3.05) is 0 Å². The van der Waals surface area contributed by atoms with E-state index in [2.05, 4.69) is 0 Å². The van der Waals surface area contributed by atoms with Crippen molar-refractivity contribution in [1.29, 1.82) is 0 Å². The molecule has 0 aliphatic rings. The zero-order chi connectivity index (χ0) is 18.6. The maximum atomic E-state index is 12.7. The van der Waals surface area contributed by atoms with Crippen molar-refractivity contribution in [2.45, 2.75) is 50.5 Å². The van der Waals surface area contributed by atoms with E-state index in [1.165, 1.54) is 0 Å². The maximum Gasteiger partial charge on any atom is 0.492 e. The molecule has 0 aliphatic heterocycles. The third kappa shape index (κ3) is 7.64. The second-order valence-corrected chi connectivity index (χ2v) is 7.65. The Balaban J connectivity index is 2.67. The number of halogens is 6. The van der Waals surface area contributed by atoms with Crippen molar-refractivity contribution in [3.05, 3.63) is 34.9 Å². The van der Waals surface area contributed by atoms with Gasteiger partial charge in [0.2, 0.25) is 0 Å². The summed E-state index contributed by atoms with van der Waals surface area (Å²) in [5.74, 6) is 0. The average molecular weight is 376 g/mol. The molecule has 138 valence electrons. The fourth-order valence-electron chi connectivity index (χ4n) is 2.21. The lowest BCUT2D eigenvalue weighted by Gasteiger charge is -2.14. The predicted octanol–water partition coefficient (Wildman–Crippen LogP) is 3.74. The molecule has 1 aromatic rings. The lowest BCUT2D eigenvalue weighted by atomic mass is 10.00. The molecule has 0 spiro atoms. The van der Waals surface area contributed by atoms with Crippen molar-refractivity contribution in [1.82, 2.24) is 0 Å². The molecule has 0 aliphatic carbocycles. The number of rotatable bonds is 7.